The third-order valence-corrected chi connectivity index (χ3v) is 2.71. The molecule has 0 saturated carbocycles. The van der Waals surface area contributed by atoms with Crippen LogP contribution in [0.15, 0.2) is 30.5 Å². The van der Waals surface area contributed by atoms with Crippen molar-refractivity contribution in [2.24, 2.45) is 5.84 Å². The lowest BCUT2D eigenvalue weighted by atomic mass is 10.2. The molecule has 0 radical (unpaired) electrons. The number of rotatable bonds is 2. The molecule has 0 aliphatic heterocycles. The van der Waals surface area contributed by atoms with E-state index < -0.39 is 0 Å². The lowest BCUT2D eigenvalue weighted by Crippen LogP contribution is -2.30. The van der Waals surface area contributed by atoms with E-state index in [1.165, 1.54) is 6.20 Å². The maximum absolute atomic E-state index is 11.4. The summed E-state index contributed by atoms with van der Waals surface area (Å²) < 4.78 is 1.65. The summed E-state index contributed by atoms with van der Waals surface area (Å²) in [5, 5.41) is 4.79. The first-order chi connectivity index (χ1) is 8.13. The van der Waals surface area contributed by atoms with Crippen molar-refractivity contribution in [3.63, 3.8) is 0 Å². The molecule has 1 aromatic carbocycles. The molecule has 1 amide bonds. The molecular weight excluding hydrogens is 240 g/mol. The van der Waals surface area contributed by atoms with E-state index >= 15 is 0 Å². The maximum Gasteiger partial charge on any atom is 0.268 e. The van der Waals surface area contributed by atoms with Gasteiger partial charge in [-0.1, -0.05) is 11.6 Å². The van der Waals surface area contributed by atoms with E-state index in [-0.39, 0.29) is 5.91 Å². The molecule has 0 aliphatic rings. The van der Waals surface area contributed by atoms with Gasteiger partial charge in [0.1, 0.15) is 0 Å². The van der Waals surface area contributed by atoms with Crippen LogP contribution in [-0.2, 0) is 0 Å². The highest BCUT2D eigenvalue weighted by Crippen LogP contribution is 2.16. The van der Waals surface area contributed by atoms with E-state index in [9.17, 15) is 4.79 Å². The molecule has 0 aliphatic carbocycles. The van der Waals surface area contributed by atoms with Crippen LogP contribution in [0, 0.1) is 6.92 Å². The van der Waals surface area contributed by atoms with Gasteiger partial charge in [-0.15, -0.1) is 0 Å². The Labute approximate surface area is 103 Å². The molecular formula is C11H11ClN4O. The number of hydrogen-bond acceptors (Lipinski definition) is 3. The Morgan fingerprint density at radius 2 is 2.06 bits per heavy atom. The second kappa shape index (κ2) is 4.57. The number of carbonyl (C=O) groups is 1. The molecule has 0 bridgehead atoms. The number of nitrogens with one attached hydrogen (secondary N) is 1. The number of carbonyl (C=O) groups excluding carboxylic acids is 1. The van der Waals surface area contributed by atoms with Crippen LogP contribution in [0.1, 0.15) is 16.1 Å². The molecule has 1 heterocycles. The summed E-state index contributed by atoms with van der Waals surface area (Å²) in [6.07, 6.45) is 1.48. The average Bonchev–Trinajstić information content (AvgIpc) is 2.71. The smallest absolute Gasteiger partial charge is 0.268 e. The fourth-order valence-electron chi connectivity index (χ4n) is 1.55. The zero-order valence-corrected chi connectivity index (χ0v) is 9.90. The monoisotopic (exact) mass is 250 g/mol. The molecule has 6 heteroatoms. The summed E-state index contributed by atoms with van der Waals surface area (Å²) in [5.41, 5.74) is 4.08. The van der Waals surface area contributed by atoms with Crippen LogP contribution < -0.4 is 11.3 Å². The van der Waals surface area contributed by atoms with Crippen LogP contribution in [0.2, 0.25) is 5.02 Å². The van der Waals surface area contributed by atoms with E-state index in [2.05, 4.69) is 10.5 Å². The molecule has 88 valence electrons. The lowest BCUT2D eigenvalue weighted by molar-refractivity contribution is 0.0953. The topological polar surface area (TPSA) is 72.9 Å². The second-order valence-electron chi connectivity index (χ2n) is 3.51. The molecule has 0 saturated heterocycles. The molecule has 2 rings (SSSR count). The van der Waals surface area contributed by atoms with Crippen molar-refractivity contribution in [1.82, 2.24) is 15.2 Å². The van der Waals surface area contributed by atoms with E-state index in [1.54, 1.807) is 23.7 Å². The van der Waals surface area contributed by atoms with Crippen LogP contribution in [0.5, 0.6) is 0 Å². The number of hydrazine groups is 1. The van der Waals surface area contributed by atoms with Crippen molar-refractivity contribution >= 4 is 17.5 Å². The zero-order valence-electron chi connectivity index (χ0n) is 9.14. The molecule has 0 spiro atoms. The van der Waals surface area contributed by atoms with Crippen molar-refractivity contribution in [2.75, 3.05) is 0 Å². The summed E-state index contributed by atoms with van der Waals surface area (Å²) in [4.78, 5) is 11.4. The number of amides is 1. The Kier molecular flexibility index (Phi) is 3.12. The molecule has 0 unspecified atom stereocenters. The minimum atomic E-state index is -0.359. The Morgan fingerprint density at radius 3 is 2.65 bits per heavy atom. The highest BCUT2D eigenvalue weighted by Gasteiger charge is 2.13. The van der Waals surface area contributed by atoms with Gasteiger partial charge in [0, 0.05) is 5.02 Å². The van der Waals surface area contributed by atoms with Crippen LogP contribution in [-0.4, -0.2) is 15.7 Å². The van der Waals surface area contributed by atoms with Gasteiger partial charge in [0.2, 0.25) is 0 Å². The summed E-state index contributed by atoms with van der Waals surface area (Å²) >= 11 is 5.81. The first kappa shape index (κ1) is 11.6. The van der Waals surface area contributed by atoms with Crippen LogP contribution >= 0.6 is 11.6 Å². The van der Waals surface area contributed by atoms with Crippen molar-refractivity contribution in [3.05, 3.63) is 46.7 Å². The predicted molar refractivity (Wildman–Crippen MR) is 65.0 cm³/mol. The number of benzene rings is 1. The first-order valence-corrected chi connectivity index (χ1v) is 5.33. The van der Waals surface area contributed by atoms with Crippen molar-refractivity contribution < 1.29 is 4.79 Å². The molecule has 5 nitrogen and oxygen atoms in total. The Bertz CT molecular complexity index is 547. The number of halogens is 1. The summed E-state index contributed by atoms with van der Waals surface area (Å²) in [7, 11) is 0. The van der Waals surface area contributed by atoms with E-state index in [0.29, 0.717) is 10.6 Å². The summed E-state index contributed by atoms with van der Waals surface area (Å²) in [5.74, 6) is 4.73. The normalized spacial score (nSPS) is 10.3. The van der Waals surface area contributed by atoms with Crippen molar-refractivity contribution in [2.45, 2.75) is 6.92 Å². The van der Waals surface area contributed by atoms with Gasteiger partial charge in [-0.2, -0.15) is 5.10 Å². The fraction of sp³-hybridized carbons (Fsp3) is 0.0909. The average molecular weight is 251 g/mol. The number of nitrogen functional groups attached to an aromatic ring is 1. The molecule has 1 aromatic heterocycles. The summed E-state index contributed by atoms with van der Waals surface area (Å²) in [6, 6.07) is 7.18. The molecule has 2 aromatic rings. The minimum Gasteiger partial charge on any atom is -0.290 e. The molecule has 17 heavy (non-hydrogen) atoms. The third-order valence-electron chi connectivity index (χ3n) is 2.46. The highest BCUT2D eigenvalue weighted by molar-refractivity contribution is 6.30. The maximum atomic E-state index is 11.4. The Morgan fingerprint density at radius 1 is 1.41 bits per heavy atom. The Balaban J connectivity index is 2.44. The van der Waals surface area contributed by atoms with Gasteiger partial charge < -0.3 is 0 Å². The van der Waals surface area contributed by atoms with Gasteiger partial charge in [0.15, 0.2) is 0 Å². The van der Waals surface area contributed by atoms with E-state index in [4.69, 9.17) is 17.4 Å². The van der Waals surface area contributed by atoms with Gasteiger partial charge in [-0.3, -0.25) is 10.2 Å². The summed E-state index contributed by atoms with van der Waals surface area (Å²) in [6.45, 7) is 1.80. The van der Waals surface area contributed by atoms with Gasteiger partial charge in [0.05, 0.1) is 23.1 Å². The molecule has 3 N–H and O–H groups in total. The highest BCUT2D eigenvalue weighted by atomic mass is 35.5. The SMILES string of the molecule is Cc1c(C(=O)NN)cnn1-c1ccc(Cl)cc1. The van der Waals surface area contributed by atoms with Gasteiger partial charge >= 0.3 is 0 Å². The standard InChI is InChI=1S/C11H11ClN4O/c1-7-10(11(17)15-13)6-14-16(7)9-4-2-8(12)3-5-9/h2-6H,13H2,1H3,(H,15,17). The van der Waals surface area contributed by atoms with E-state index in [0.717, 1.165) is 11.4 Å². The largest absolute Gasteiger partial charge is 0.290 e. The third kappa shape index (κ3) is 2.15. The second-order valence-corrected chi connectivity index (χ2v) is 3.94. The van der Waals surface area contributed by atoms with Crippen molar-refractivity contribution in [3.8, 4) is 5.69 Å². The number of aromatic nitrogens is 2. The van der Waals surface area contributed by atoms with Gasteiger partial charge in [-0.05, 0) is 31.2 Å². The van der Waals surface area contributed by atoms with Crippen LogP contribution in [0.25, 0.3) is 5.69 Å². The van der Waals surface area contributed by atoms with Gasteiger partial charge in [0.25, 0.3) is 5.91 Å². The number of nitrogens with two attached hydrogens (primary N) is 1. The van der Waals surface area contributed by atoms with Crippen molar-refractivity contribution in [1.29, 1.82) is 0 Å². The minimum absolute atomic E-state index is 0.359. The zero-order chi connectivity index (χ0) is 12.4. The number of nitrogens with zero attached hydrogens (tertiary/aromatic N) is 2. The van der Waals surface area contributed by atoms with E-state index in [1.807, 2.05) is 12.1 Å². The lowest BCUT2D eigenvalue weighted by Gasteiger charge is -2.05. The van der Waals surface area contributed by atoms with Crippen LogP contribution in [0.3, 0.4) is 0 Å². The first-order valence-electron chi connectivity index (χ1n) is 4.95. The molecule has 0 fully saturated rings. The fourth-order valence-corrected chi connectivity index (χ4v) is 1.68. The predicted octanol–water partition coefficient (Wildman–Crippen LogP) is 1.44. The quantitative estimate of drug-likeness (QED) is 0.481. The number of hydrogen-bond donors (Lipinski definition) is 2. The van der Waals surface area contributed by atoms with Crippen LogP contribution in [0.4, 0.5) is 0 Å². The van der Waals surface area contributed by atoms with Gasteiger partial charge in [-0.25, -0.2) is 10.5 Å². The Hall–Kier alpha value is -1.85. The molecule has 0 atom stereocenters.